The molecule has 7 aromatic rings. The molecule has 56 heavy (non-hydrogen) atoms. The maximum atomic E-state index is 6.01. The van der Waals surface area contributed by atoms with E-state index in [0.29, 0.717) is 13.2 Å². The van der Waals surface area contributed by atoms with Gasteiger partial charge in [0.2, 0.25) is 0 Å². The summed E-state index contributed by atoms with van der Waals surface area (Å²) >= 11 is 5.35. The number of hydrogen-bond donors (Lipinski definition) is 0. The molecule has 8 heteroatoms. The molecule has 0 bridgehead atoms. The molecule has 0 radical (unpaired) electrons. The minimum absolute atomic E-state index is 0.582. The van der Waals surface area contributed by atoms with E-state index in [1.54, 1.807) is 27.5 Å². The van der Waals surface area contributed by atoms with Crippen molar-refractivity contribution < 1.29 is 22.7 Å². The van der Waals surface area contributed by atoms with E-state index in [1.165, 1.54) is 42.1 Å². The summed E-state index contributed by atoms with van der Waals surface area (Å²) in [5.41, 5.74) is 7.59. The van der Waals surface area contributed by atoms with Crippen molar-refractivity contribution in [3.63, 3.8) is 0 Å². The Balaban J connectivity index is 1.29. The zero-order valence-electron chi connectivity index (χ0n) is 31.4. The molecular weight excluding hydrogens is 920 g/mol. The first-order valence-corrected chi connectivity index (χ1v) is 23.2. The molecule has 0 spiro atoms. The van der Waals surface area contributed by atoms with Gasteiger partial charge in [0, 0.05) is 16.8 Å². The fraction of sp³-hybridized carbons (Fsp3) is 0.104. The van der Waals surface area contributed by atoms with Crippen LogP contribution in [0.5, 0.6) is 0 Å². The van der Waals surface area contributed by atoms with Gasteiger partial charge in [-0.15, -0.1) is 11.3 Å². The minimum atomic E-state index is -2.42. The summed E-state index contributed by atoms with van der Waals surface area (Å²) in [4.78, 5) is 6.41. The zero-order valence-corrected chi connectivity index (χ0v) is 36.4. The van der Waals surface area contributed by atoms with Crippen molar-refractivity contribution in [2.75, 3.05) is 13.2 Å². The van der Waals surface area contributed by atoms with Crippen molar-refractivity contribution >= 4 is 69.0 Å². The fourth-order valence-corrected chi connectivity index (χ4v) is 15.1. The van der Waals surface area contributed by atoms with Gasteiger partial charge in [0.1, 0.15) is 0 Å². The number of ether oxygens (including phenoxy) is 1. The van der Waals surface area contributed by atoms with Crippen LogP contribution in [0.25, 0.3) is 44.1 Å². The number of aryl methyl sites for hydroxylation is 1. The van der Waals surface area contributed by atoms with Gasteiger partial charge in [-0.3, -0.25) is 0 Å². The van der Waals surface area contributed by atoms with Gasteiger partial charge >= 0.3 is 290 Å². The predicted molar refractivity (Wildman–Crippen MR) is 238 cm³/mol. The van der Waals surface area contributed by atoms with Crippen molar-refractivity contribution in [1.82, 2.24) is 15.0 Å². The number of nitrogens with zero attached hydrogens (tertiary/aromatic N) is 3. The number of benzene rings is 4. The molecule has 1 saturated heterocycles. The average Bonchev–Trinajstić information content (AvgIpc) is 4.07. The Morgan fingerprint density at radius 3 is 1.66 bits per heavy atom. The Hall–Kier alpha value is -4.81. The third-order valence-electron chi connectivity index (χ3n) is 9.91. The van der Waals surface area contributed by atoms with E-state index in [4.69, 9.17) is 14.9 Å². The van der Waals surface area contributed by atoms with Crippen LogP contribution in [0.3, 0.4) is 0 Å². The van der Waals surface area contributed by atoms with Gasteiger partial charge in [0.25, 0.3) is 0 Å². The van der Waals surface area contributed by atoms with E-state index in [1.807, 2.05) is 31.9 Å². The third-order valence-corrected chi connectivity index (χ3v) is 17.5. The summed E-state index contributed by atoms with van der Waals surface area (Å²) in [6.45, 7) is 5.35. The quantitative estimate of drug-likeness (QED) is 0.101. The summed E-state index contributed by atoms with van der Waals surface area (Å²) < 4.78 is 9.86. The van der Waals surface area contributed by atoms with Crippen molar-refractivity contribution in [3.8, 4) is 25.3 Å². The summed E-state index contributed by atoms with van der Waals surface area (Å²) in [5.74, 6) is 0. The second-order valence-electron chi connectivity index (χ2n) is 13.3. The summed E-state index contributed by atoms with van der Waals surface area (Å²) in [5, 5.41) is 14.8. The summed E-state index contributed by atoms with van der Waals surface area (Å²) in [6.07, 6.45) is 13.3. The Morgan fingerprint density at radius 1 is 0.679 bits per heavy atom. The van der Waals surface area contributed by atoms with Crippen LogP contribution >= 0.6 is 29.9 Å². The van der Waals surface area contributed by atoms with Crippen LogP contribution < -0.4 is 15.9 Å². The van der Waals surface area contributed by atoms with Gasteiger partial charge in [-0.05, 0) is 25.1 Å². The summed E-state index contributed by atoms with van der Waals surface area (Å²) in [7, 11) is -0.526. The molecule has 1 aliphatic heterocycles. The van der Waals surface area contributed by atoms with E-state index in [0.717, 1.165) is 37.5 Å². The van der Waals surface area contributed by atoms with Gasteiger partial charge < -0.3 is 0 Å². The Labute approximate surface area is 347 Å². The number of hydrogen-bond acceptors (Lipinski definition) is 5. The van der Waals surface area contributed by atoms with Gasteiger partial charge in [0.15, 0.2) is 0 Å². The van der Waals surface area contributed by atoms with Crippen molar-refractivity contribution in [3.05, 3.63) is 183 Å². The van der Waals surface area contributed by atoms with E-state index in [9.17, 15) is 0 Å². The molecule has 4 heterocycles. The summed E-state index contributed by atoms with van der Waals surface area (Å²) in [6, 6.07) is 46.2. The Morgan fingerprint density at radius 2 is 1.18 bits per heavy atom. The molecule has 0 unspecified atom stereocenters. The molecule has 0 aliphatic carbocycles. The van der Waals surface area contributed by atoms with Crippen LogP contribution in [0.1, 0.15) is 23.6 Å². The number of aromatic nitrogens is 3. The molecule has 0 atom stereocenters. The van der Waals surface area contributed by atoms with E-state index in [-0.39, 0.29) is 0 Å². The first-order chi connectivity index (χ1) is 27.5. The molecule has 8 rings (SSSR count). The van der Waals surface area contributed by atoms with Gasteiger partial charge in [0.05, 0.1) is 0 Å². The van der Waals surface area contributed by atoms with Gasteiger partial charge in [-0.25, -0.2) is 0 Å². The SMILES string of the molecule is CC=C1COCC1=CC(/C=C/c1ccc(-c2ccc(-c3ccc(/C=C/C)s3)c3nn(C)nc23)s1)=C([C]#[Os])[P+](c1ccccc1)(c1ccccc1)c1ccccc1. The molecule has 4 aromatic carbocycles. The van der Waals surface area contributed by atoms with Crippen LogP contribution in [-0.4, -0.2) is 28.2 Å². The molecule has 4 nitrogen and oxygen atoms in total. The van der Waals surface area contributed by atoms with Gasteiger partial charge in [-0.1, -0.05) is 6.08 Å². The number of fused-ring (bicyclic) bond motifs is 1. The molecule has 277 valence electrons. The van der Waals surface area contributed by atoms with Crippen molar-refractivity contribution in [2.45, 2.75) is 13.8 Å². The molecule has 1 fully saturated rings. The predicted octanol–water partition coefficient (Wildman–Crippen LogP) is 11.1. The van der Waals surface area contributed by atoms with Crippen LogP contribution in [0, 0.1) is 4.37 Å². The fourth-order valence-electron chi connectivity index (χ4n) is 7.34. The maximum absolute atomic E-state index is 6.01. The van der Waals surface area contributed by atoms with Crippen LogP contribution in [-0.2, 0) is 29.7 Å². The van der Waals surface area contributed by atoms with Crippen molar-refractivity contribution in [2.24, 2.45) is 7.05 Å². The second-order valence-corrected chi connectivity index (χ2v) is 19.5. The monoisotopic (exact) mass is 961 g/mol. The van der Waals surface area contributed by atoms with Crippen LogP contribution in [0.2, 0.25) is 0 Å². The van der Waals surface area contributed by atoms with Crippen LogP contribution in [0.15, 0.2) is 174 Å². The number of rotatable bonds is 10. The average molecular weight is 960 g/mol. The Kier molecular flexibility index (Phi) is 11.6. The number of allylic oxidation sites excluding steroid dienone is 6. The second kappa shape index (κ2) is 17.1. The van der Waals surface area contributed by atoms with Gasteiger partial charge in [-0.2, -0.15) is 0 Å². The van der Waals surface area contributed by atoms with E-state index in [2.05, 4.69) is 175 Å². The first kappa shape index (κ1) is 38.1. The van der Waals surface area contributed by atoms with E-state index >= 15 is 0 Å². The molecule has 1 aliphatic rings. The van der Waals surface area contributed by atoms with Crippen molar-refractivity contribution in [1.29, 1.82) is 0 Å². The Bertz CT molecular complexity index is 2620. The molecule has 3 aromatic heterocycles. The van der Waals surface area contributed by atoms with E-state index < -0.39 is 7.26 Å². The molecular formula is C48H40N3OOsPS2+. The third kappa shape index (κ3) is 7.41. The standard InChI is InChI=1S/C48H40N3OPS2.Os/c1-5-16-41-25-29-45(54-41)43-27-28-44(48-47(43)49-51(4)50-48)46-30-26-42(55-46)24-23-36(31-37-33-52-32-35(37)6-2)34(3)53(38-17-10-7-11-18-38,39-19-12-8-13-20-39)40-21-14-9-15-22-40;/h5-31H,32-33H2,1-2,4H3;/q+1;/b16-5+,24-23+,35-6?,36-34?,37-31?;. The molecule has 0 saturated carbocycles. The zero-order chi connectivity index (χ0) is 38.5. The number of thiophene rings is 2. The topological polar surface area (TPSA) is 39.9 Å². The first-order valence-electron chi connectivity index (χ1n) is 18.5. The van der Waals surface area contributed by atoms with Crippen LogP contribution in [0.4, 0.5) is 0 Å². The molecule has 0 amide bonds. The normalized spacial score (nSPS) is 15.4. The molecule has 0 N–H and O–H groups in total.